The van der Waals surface area contributed by atoms with Crippen LogP contribution < -0.4 is 14.9 Å². The molecule has 2 heterocycles. The van der Waals surface area contributed by atoms with E-state index in [2.05, 4.69) is 52.8 Å². The molecule has 3 aliphatic rings. The Balaban J connectivity index is 1.43. The first kappa shape index (κ1) is 44.7. The largest absolute Gasteiger partial charge is 0.457 e. The zero-order chi connectivity index (χ0) is 43.5. The molecule has 60 heavy (non-hydrogen) atoms. The predicted octanol–water partition coefficient (Wildman–Crippen LogP) is 8.17. The average Bonchev–Trinajstić information content (AvgIpc) is 3.53. The highest BCUT2D eigenvalue weighted by atomic mass is 32.2. The normalized spacial score (nSPS) is 18.8. The molecule has 0 atom stereocenters. The highest BCUT2D eigenvalue weighted by Gasteiger charge is 2.44. The number of ether oxygens (including phenoxy) is 1. The molecule has 3 N–H and O–H groups in total. The highest BCUT2D eigenvalue weighted by Crippen LogP contribution is 2.48. The summed E-state index contributed by atoms with van der Waals surface area (Å²) in [4.78, 5) is 13.7. The van der Waals surface area contributed by atoms with Gasteiger partial charge in [-0.15, -0.1) is 0 Å². The summed E-state index contributed by atoms with van der Waals surface area (Å²) in [6, 6.07) is 18.6. The quantitative estimate of drug-likeness (QED) is 0.0561. The summed E-state index contributed by atoms with van der Waals surface area (Å²) in [6.45, 7) is 9.54. The molecule has 0 spiro atoms. The van der Waals surface area contributed by atoms with Gasteiger partial charge in [0.1, 0.15) is 23.9 Å². The monoisotopic (exact) mass is 856 g/mol. The third kappa shape index (κ3) is 10.0. The lowest BCUT2D eigenvalue weighted by molar-refractivity contribution is -0.438. The molecule has 0 saturated heterocycles. The van der Waals surface area contributed by atoms with E-state index in [1.807, 2.05) is 38.1 Å². The average molecular weight is 857 g/mol. The van der Waals surface area contributed by atoms with Gasteiger partial charge in [-0.1, -0.05) is 38.1 Å². The Morgan fingerprint density at radius 1 is 0.900 bits per heavy atom. The van der Waals surface area contributed by atoms with Crippen molar-refractivity contribution in [1.29, 1.82) is 0 Å². The molecule has 1 amide bonds. The predicted molar refractivity (Wildman–Crippen MR) is 232 cm³/mol. The molecule has 2 aliphatic heterocycles. The number of carbonyl (C=O) groups is 1. The van der Waals surface area contributed by atoms with Crippen LogP contribution in [0.5, 0.6) is 5.75 Å². The number of amides is 1. The van der Waals surface area contributed by atoms with Crippen molar-refractivity contribution in [2.24, 2.45) is 0 Å². The smallest absolute Gasteiger partial charge is 0.294 e. The summed E-state index contributed by atoms with van der Waals surface area (Å²) in [5.74, 6) is 0.0473. The minimum atomic E-state index is -4.42. The fourth-order valence-corrected chi connectivity index (χ4v) is 9.51. The first-order chi connectivity index (χ1) is 28.3. The van der Waals surface area contributed by atoms with E-state index in [9.17, 15) is 35.1 Å². The van der Waals surface area contributed by atoms with Crippen molar-refractivity contribution in [2.45, 2.75) is 94.8 Å². The van der Waals surface area contributed by atoms with Gasteiger partial charge in [0.2, 0.25) is 19.6 Å². The summed E-state index contributed by atoms with van der Waals surface area (Å²) in [5.41, 5.74) is 6.69. The van der Waals surface area contributed by atoms with E-state index in [1.54, 1.807) is 6.07 Å². The van der Waals surface area contributed by atoms with E-state index in [0.29, 0.717) is 56.7 Å². The molecule has 0 saturated carbocycles. The number of allylic oxidation sites excluding steroid dienone is 7. The van der Waals surface area contributed by atoms with Crippen LogP contribution in [0.15, 0.2) is 119 Å². The Hall–Kier alpha value is -4.83. The third-order valence-corrected chi connectivity index (χ3v) is 13.3. The summed E-state index contributed by atoms with van der Waals surface area (Å²) in [6.07, 6.45) is 12.8. The van der Waals surface area contributed by atoms with Gasteiger partial charge < -0.3 is 14.9 Å². The van der Waals surface area contributed by atoms with Crippen LogP contribution in [-0.4, -0.2) is 69.0 Å². The number of hydrogen-bond donors (Lipinski definition) is 3. The number of hydrogen-bond acceptors (Lipinski definition) is 7. The number of anilines is 1. The van der Waals surface area contributed by atoms with Gasteiger partial charge in [0.05, 0.1) is 16.1 Å². The lowest BCUT2D eigenvalue weighted by Gasteiger charge is -2.27. The Labute approximate surface area is 354 Å². The molecule has 0 fully saturated rings. The number of para-hydroxylation sites is 1. The topological polar surface area (TPSA) is 153 Å². The number of halogens is 1. The van der Waals surface area contributed by atoms with Crippen molar-refractivity contribution in [3.63, 3.8) is 0 Å². The molecule has 316 valence electrons. The maximum atomic E-state index is 14.7. The zero-order valence-corrected chi connectivity index (χ0v) is 36.1. The van der Waals surface area contributed by atoms with E-state index in [1.165, 1.54) is 42.0 Å². The third-order valence-electron chi connectivity index (χ3n) is 11.6. The molecular formula is C45H52BFN3O8S2+. The second kappa shape index (κ2) is 18.0. The minimum absolute atomic E-state index is 0.205. The van der Waals surface area contributed by atoms with E-state index in [-0.39, 0.29) is 34.2 Å². The maximum Gasteiger partial charge on any atom is 0.294 e. The highest BCUT2D eigenvalue weighted by molar-refractivity contribution is 7.86. The van der Waals surface area contributed by atoms with E-state index >= 15 is 0 Å². The van der Waals surface area contributed by atoms with Crippen LogP contribution in [0.1, 0.15) is 90.2 Å². The van der Waals surface area contributed by atoms with Gasteiger partial charge in [-0.2, -0.15) is 21.4 Å². The van der Waals surface area contributed by atoms with Crippen LogP contribution >= 0.6 is 0 Å². The van der Waals surface area contributed by atoms with Gasteiger partial charge in [-0.3, -0.25) is 13.9 Å². The van der Waals surface area contributed by atoms with Crippen LogP contribution in [-0.2, 0) is 35.9 Å². The van der Waals surface area contributed by atoms with Crippen molar-refractivity contribution in [3.8, 4) is 5.75 Å². The molecule has 3 aromatic rings. The second-order valence-electron chi connectivity index (χ2n) is 16.5. The van der Waals surface area contributed by atoms with Crippen molar-refractivity contribution < 1.29 is 44.4 Å². The first-order valence-electron chi connectivity index (χ1n) is 20.2. The number of benzene rings is 3. The molecule has 15 heteroatoms. The molecule has 0 bridgehead atoms. The Morgan fingerprint density at radius 2 is 1.63 bits per heavy atom. The van der Waals surface area contributed by atoms with Gasteiger partial charge in [0.15, 0.2) is 5.71 Å². The van der Waals surface area contributed by atoms with Crippen LogP contribution in [0.25, 0.3) is 0 Å². The lowest BCUT2D eigenvalue weighted by atomic mass is 9.81. The molecule has 1 aliphatic carbocycles. The van der Waals surface area contributed by atoms with Crippen molar-refractivity contribution in [3.05, 3.63) is 131 Å². The van der Waals surface area contributed by atoms with E-state index in [0.717, 1.165) is 52.3 Å². The van der Waals surface area contributed by atoms with Crippen molar-refractivity contribution in [2.75, 3.05) is 23.7 Å². The molecule has 0 unspecified atom stereocenters. The summed E-state index contributed by atoms with van der Waals surface area (Å²) >= 11 is 0. The fraction of sp³-hybridized carbons (Fsp3) is 0.378. The van der Waals surface area contributed by atoms with Gasteiger partial charge in [0.25, 0.3) is 20.2 Å². The fourth-order valence-electron chi connectivity index (χ4n) is 8.46. The number of rotatable bonds is 16. The molecule has 11 nitrogen and oxygen atoms in total. The van der Waals surface area contributed by atoms with Crippen LogP contribution in [0, 0.1) is 5.82 Å². The van der Waals surface area contributed by atoms with Crippen LogP contribution in [0.3, 0.4) is 0 Å². The molecule has 3 aromatic carbocycles. The lowest BCUT2D eigenvalue weighted by Crippen LogP contribution is -2.28. The Bertz CT molecular complexity index is 2530. The molecule has 0 aromatic heterocycles. The van der Waals surface area contributed by atoms with Gasteiger partial charge in [-0.25, -0.2) is 4.39 Å². The first-order valence-corrected chi connectivity index (χ1v) is 23.2. The number of carbonyl (C=O) groups excluding carboxylic acids is 1. The van der Waals surface area contributed by atoms with E-state index in [4.69, 9.17) is 12.7 Å². The van der Waals surface area contributed by atoms with Crippen LogP contribution in [0.4, 0.5) is 15.8 Å². The Morgan fingerprint density at radius 3 is 2.33 bits per heavy atom. The Kier molecular flexibility index (Phi) is 13.4. The minimum Gasteiger partial charge on any atom is -0.457 e. The van der Waals surface area contributed by atoms with E-state index < -0.39 is 25.7 Å². The maximum absolute atomic E-state index is 14.7. The standard InChI is InChI=1S/C45H51BFN3O8S2/c1-44(2)36-14-5-6-15-38(36)49(27-8-7-16-42(51)48-46)40(44)25-17-31-12-11-13-32(43(31)58-34-20-22-35(23-21-34)60(55,56)57)18-26-41-45(3,4)37-30-33(47)19-24-39(37)50(41)28-9-10-29-59(52,53)54/h5-6,14-15,17-26,30H,7-13,16,27-29H2,1-4H3,(H2-,48,51,52,53,54,55,56,57)/p+1. The summed E-state index contributed by atoms with van der Waals surface area (Å²) < 4.78 is 89.2. The molecular weight excluding hydrogens is 804 g/mol. The summed E-state index contributed by atoms with van der Waals surface area (Å²) in [7, 11) is -3.23. The number of unbranched alkanes of at least 4 members (excludes halogenated alkanes) is 2. The number of fused-ring (bicyclic) bond motifs is 2. The molecule has 6 rings (SSSR count). The molecule has 2 radical (unpaired) electrons. The van der Waals surface area contributed by atoms with Gasteiger partial charge in [-0.05, 0) is 124 Å². The zero-order valence-electron chi connectivity index (χ0n) is 34.4. The van der Waals surface area contributed by atoms with Gasteiger partial charge in [0, 0.05) is 53.9 Å². The van der Waals surface area contributed by atoms with Crippen molar-refractivity contribution >= 4 is 51.2 Å². The van der Waals surface area contributed by atoms with Crippen LogP contribution in [0.2, 0.25) is 0 Å². The van der Waals surface area contributed by atoms with Gasteiger partial charge >= 0.3 is 0 Å². The summed E-state index contributed by atoms with van der Waals surface area (Å²) in [5, 5.41) is 2.20. The second-order valence-corrected chi connectivity index (χ2v) is 19.5. The van der Waals surface area contributed by atoms with Crippen molar-refractivity contribution in [1.82, 2.24) is 5.23 Å². The number of nitrogens with one attached hydrogen (secondary N) is 1. The SMILES string of the molecule is [B]NC(=O)CCCC[N+]1=C(/C=C/C2=C(Oc3ccc(S(=O)(=O)O)cc3)C(=C/C=C3/N(CCCCS(=O)(=O)O)c4ccc(F)cc4C3(C)C)/CCC2)C(C)(C)c2ccccc21. The number of nitrogens with zero attached hydrogens (tertiary/aromatic N) is 2.